The molecule has 74 valence electrons. The van der Waals surface area contributed by atoms with Gasteiger partial charge in [0.2, 0.25) is 0 Å². The van der Waals surface area contributed by atoms with Crippen LogP contribution in [0.15, 0.2) is 29.7 Å². The molecule has 1 aliphatic rings. The van der Waals surface area contributed by atoms with Crippen molar-refractivity contribution in [3.63, 3.8) is 0 Å². The average molecular weight is 204 g/mol. The zero-order valence-electron chi connectivity index (χ0n) is 8.80. The van der Waals surface area contributed by atoms with E-state index in [2.05, 4.69) is 51.3 Å². The highest BCUT2D eigenvalue weighted by Gasteiger charge is 2.28. The van der Waals surface area contributed by atoms with Crippen LogP contribution in [0.4, 0.5) is 0 Å². The normalized spacial score (nSPS) is 19.2. The maximum absolute atomic E-state index is 4.40. The number of rotatable bonds is 0. The molecule has 1 aliphatic carbocycles. The summed E-state index contributed by atoms with van der Waals surface area (Å²) in [6.45, 7) is 8.72. The van der Waals surface area contributed by atoms with Crippen LogP contribution in [0.3, 0.4) is 0 Å². The minimum absolute atomic E-state index is 0.273. The largest absolute Gasteiger partial charge is 0.143 e. The van der Waals surface area contributed by atoms with Crippen molar-refractivity contribution in [1.29, 1.82) is 0 Å². The summed E-state index contributed by atoms with van der Waals surface area (Å²) >= 11 is 4.40. The van der Waals surface area contributed by atoms with Crippen LogP contribution in [0, 0.1) is 0 Å². The SMILES string of the molecule is C=C1CCC(C)(C)c2cc(S)ccc21. The van der Waals surface area contributed by atoms with Gasteiger partial charge in [0.15, 0.2) is 0 Å². The monoisotopic (exact) mass is 204 g/mol. The first-order chi connectivity index (χ1) is 6.50. The van der Waals surface area contributed by atoms with Crippen LogP contribution in [0.1, 0.15) is 37.8 Å². The predicted molar refractivity (Wildman–Crippen MR) is 65.0 cm³/mol. The van der Waals surface area contributed by atoms with Crippen LogP contribution in [-0.2, 0) is 5.41 Å². The number of allylic oxidation sites excluding steroid dienone is 1. The molecular formula is C13H16S. The van der Waals surface area contributed by atoms with Gasteiger partial charge in [-0.2, -0.15) is 0 Å². The lowest BCUT2D eigenvalue weighted by Crippen LogP contribution is -2.23. The van der Waals surface area contributed by atoms with Gasteiger partial charge in [-0.1, -0.05) is 26.5 Å². The summed E-state index contributed by atoms with van der Waals surface area (Å²) in [5, 5.41) is 0. The molecule has 1 aromatic carbocycles. The number of thiol groups is 1. The molecule has 0 spiro atoms. The second-order valence-electron chi connectivity index (χ2n) is 4.72. The van der Waals surface area contributed by atoms with Gasteiger partial charge in [0.1, 0.15) is 0 Å². The third-order valence-electron chi connectivity index (χ3n) is 3.16. The third kappa shape index (κ3) is 1.50. The van der Waals surface area contributed by atoms with E-state index < -0.39 is 0 Å². The maximum Gasteiger partial charge on any atom is 0.00433 e. The van der Waals surface area contributed by atoms with Gasteiger partial charge in [-0.3, -0.25) is 0 Å². The van der Waals surface area contributed by atoms with Crippen LogP contribution in [0.25, 0.3) is 5.57 Å². The highest BCUT2D eigenvalue weighted by molar-refractivity contribution is 7.80. The molecular weight excluding hydrogens is 188 g/mol. The second kappa shape index (κ2) is 3.16. The van der Waals surface area contributed by atoms with Gasteiger partial charge in [-0.15, -0.1) is 12.6 Å². The molecule has 1 aromatic rings. The molecule has 0 fully saturated rings. The van der Waals surface area contributed by atoms with Gasteiger partial charge in [-0.05, 0) is 47.1 Å². The van der Waals surface area contributed by atoms with E-state index in [1.807, 2.05) is 0 Å². The fourth-order valence-electron chi connectivity index (χ4n) is 2.13. The Bertz CT molecular complexity index is 388. The quantitative estimate of drug-likeness (QED) is 0.605. The van der Waals surface area contributed by atoms with Gasteiger partial charge in [0.25, 0.3) is 0 Å². The first-order valence-electron chi connectivity index (χ1n) is 5.02. The molecule has 14 heavy (non-hydrogen) atoms. The van der Waals surface area contributed by atoms with E-state index in [1.165, 1.54) is 23.1 Å². The number of hydrogen-bond donors (Lipinski definition) is 1. The molecule has 1 heteroatoms. The van der Waals surface area contributed by atoms with E-state index in [4.69, 9.17) is 0 Å². The Balaban J connectivity index is 2.64. The van der Waals surface area contributed by atoms with E-state index in [9.17, 15) is 0 Å². The molecule has 0 heterocycles. The third-order valence-corrected chi connectivity index (χ3v) is 3.44. The van der Waals surface area contributed by atoms with Crippen molar-refractivity contribution in [2.24, 2.45) is 0 Å². The zero-order valence-corrected chi connectivity index (χ0v) is 9.70. The van der Waals surface area contributed by atoms with E-state index in [0.29, 0.717) is 0 Å². The highest BCUT2D eigenvalue weighted by atomic mass is 32.1. The maximum atomic E-state index is 4.40. The van der Waals surface area contributed by atoms with E-state index in [-0.39, 0.29) is 5.41 Å². The lowest BCUT2D eigenvalue weighted by molar-refractivity contribution is 0.473. The second-order valence-corrected chi connectivity index (χ2v) is 5.23. The van der Waals surface area contributed by atoms with Crippen molar-refractivity contribution in [2.75, 3.05) is 0 Å². The van der Waals surface area contributed by atoms with Crippen LogP contribution >= 0.6 is 12.6 Å². The average Bonchev–Trinajstić information content (AvgIpc) is 2.12. The fraction of sp³-hybridized carbons (Fsp3) is 0.385. The van der Waals surface area contributed by atoms with Gasteiger partial charge in [0, 0.05) is 4.90 Å². The molecule has 0 aliphatic heterocycles. The Labute approximate surface area is 91.4 Å². The van der Waals surface area contributed by atoms with Crippen molar-refractivity contribution in [3.05, 3.63) is 35.9 Å². The molecule has 0 unspecified atom stereocenters. The van der Waals surface area contributed by atoms with E-state index in [1.54, 1.807) is 0 Å². The Kier molecular flexibility index (Phi) is 2.23. The molecule has 0 saturated carbocycles. The molecule has 0 amide bonds. The van der Waals surface area contributed by atoms with Crippen LogP contribution < -0.4 is 0 Å². The summed E-state index contributed by atoms with van der Waals surface area (Å²) < 4.78 is 0. The van der Waals surface area contributed by atoms with Gasteiger partial charge < -0.3 is 0 Å². The highest BCUT2D eigenvalue weighted by Crippen LogP contribution is 2.41. The minimum atomic E-state index is 0.273. The van der Waals surface area contributed by atoms with Crippen molar-refractivity contribution in [2.45, 2.75) is 37.0 Å². The Morgan fingerprint density at radius 3 is 2.79 bits per heavy atom. The molecule has 0 radical (unpaired) electrons. The summed E-state index contributed by atoms with van der Waals surface area (Å²) in [5.74, 6) is 0. The molecule has 0 bridgehead atoms. The number of fused-ring (bicyclic) bond motifs is 1. The molecule has 0 nitrogen and oxygen atoms in total. The first-order valence-corrected chi connectivity index (χ1v) is 5.47. The van der Waals surface area contributed by atoms with Crippen LogP contribution in [-0.4, -0.2) is 0 Å². The Morgan fingerprint density at radius 1 is 1.36 bits per heavy atom. The summed E-state index contributed by atoms with van der Waals surface area (Å²) in [6.07, 6.45) is 2.31. The number of benzene rings is 1. The topological polar surface area (TPSA) is 0 Å². The van der Waals surface area contributed by atoms with Crippen LogP contribution in [0.5, 0.6) is 0 Å². The predicted octanol–water partition coefficient (Wildman–Crippen LogP) is 4.06. The number of hydrogen-bond acceptors (Lipinski definition) is 1. The summed E-state index contributed by atoms with van der Waals surface area (Å²) in [4.78, 5) is 1.05. The standard InChI is InChI=1S/C13H16S/c1-9-6-7-13(2,3)12-8-10(14)4-5-11(9)12/h4-5,8,14H,1,6-7H2,2-3H3. The summed E-state index contributed by atoms with van der Waals surface area (Å²) in [7, 11) is 0. The molecule has 0 aromatic heterocycles. The van der Waals surface area contributed by atoms with Gasteiger partial charge in [-0.25, -0.2) is 0 Å². The van der Waals surface area contributed by atoms with Crippen molar-refractivity contribution < 1.29 is 0 Å². The minimum Gasteiger partial charge on any atom is -0.143 e. The van der Waals surface area contributed by atoms with Crippen molar-refractivity contribution >= 4 is 18.2 Å². The summed E-state index contributed by atoms with van der Waals surface area (Å²) in [5.41, 5.74) is 4.28. The Morgan fingerprint density at radius 2 is 2.07 bits per heavy atom. The Hall–Kier alpha value is -0.690. The van der Waals surface area contributed by atoms with E-state index in [0.717, 1.165) is 11.3 Å². The fourth-order valence-corrected chi connectivity index (χ4v) is 2.34. The lowest BCUT2D eigenvalue weighted by Gasteiger charge is -2.33. The van der Waals surface area contributed by atoms with Crippen molar-refractivity contribution in [1.82, 2.24) is 0 Å². The molecule has 2 rings (SSSR count). The molecule has 0 atom stereocenters. The van der Waals surface area contributed by atoms with Gasteiger partial charge >= 0.3 is 0 Å². The zero-order chi connectivity index (χ0) is 10.3. The smallest absolute Gasteiger partial charge is 0.00433 e. The molecule has 0 saturated heterocycles. The van der Waals surface area contributed by atoms with Gasteiger partial charge in [0.05, 0.1) is 0 Å². The van der Waals surface area contributed by atoms with Crippen LogP contribution in [0.2, 0.25) is 0 Å². The van der Waals surface area contributed by atoms with E-state index >= 15 is 0 Å². The molecule has 0 N–H and O–H groups in total. The first kappa shape index (κ1) is 9.85. The summed E-state index contributed by atoms with van der Waals surface area (Å²) in [6, 6.07) is 6.39. The lowest BCUT2D eigenvalue weighted by atomic mass is 9.71. The van der Waals surface area contributed by atoms with Crippen molar-refractivity contribution in [3.8, 4) is 0 Å².